The van der Waals surface area contributed by atoms with Gasteiger partial charge in [-0.3, -0.25) is 4.79 Å². The molecule has 0 atom stereocenters. The van der Waals surface area contributed by atoms with Crippen LogP contribution in [0.25, 0.3) is 0 Å². The van der Waals surface area contributed by atoms with Gasteiger partial charge < -0.3 is 5.32 Å². The molecule has 0 bridgehead atoms. The van der Waals surface area contributed by atoms with Gasteiger partial charge in [-0.2, -0.15) is 4.31 Å². The average molecular weight is 350 g/mol. The minimum absolute atomic E-state index is 0.125. The number of halogens is 1. The van der Waals surface area contributed by atoms with Crippen LogP contribution in [0.2, 0.25) is 0 Å². The third kappa shape index (κ3) is 5.43. The highest BCUT2D eigenvalue weighted by atomic mass is 32.2. The van der Waals surface area contributed by atoms with Crippen molar-refractivity contribution in [3.8, 4) is 0 Å². The predicted molar refractivity (Wildman–Crippen MR) is 90.4 cm³/mol. The van der Waals surface area contributed by atoms with E-state index in [4.69, 9.17) is 0 Å². The van der Waals surface area contributed by atoms with Crippen LogP contribution in [-0.4, -0.2) is 38.0 Å². The Morgan fingerprint density at radius 1 is 1.08 bits per heavy atom. The monoisotopic (exact) mass is 350 g/mol. The van der Waals surface area contributed by atoms with Gasteiger partial charge in [0.25, 0.3) is 5.91 Å². The molecule has 128 valence electrons. The summed E-state index contributed by atoms with van der Waals surface area (Å²) >= 11 is 0. The largest absolute Gasteiger partial charge is 0.351 e. The number of nitrogens with zero attached hydrogens (tertiary/aromatic N) is 1. The van der Waals surface area contributed by atoms with Gasteiger partial charge in [0.1, 0.15) is 5.82 Å². The molecular formula is C17H19FN2O3S. The lowest BCUT2D eigenvalue weighted by Gasteiger charge is -2.20. The summed E-state index contributed by atoms with van der Waals surface area (Å²) in [4.78, 5) is 12.0. The number of carbonyl (C=O) groups excluding carboxylic acids is 1. The lowest BCUT2D eigenvalue weighted by molar-refractivity contribution is 0.0951. The van der Waals surface area contributed by atoms with Crippen LogP contribution in [0.15, 0.2) is 54.6 Å². The number of carbonyl (C=O) groups is 1. The molecular weight excluding hydrogens is 331 g/mol. The highest BCUT2D eigenvalue weighted by molar-refractivity contribution is 7.88. The van der Waals surface area contributed by atoms with E-state index in [1.165, 1.54) is 28.6 Å². The molecule has 0 spiro atoms. The molecule has 0 fully saturated rings. The first-order valence-corrected chi connectivity index (χ1v) is 9.24. The molecule has 5 nitrogen and oxygen atoms in total. The zero-order valence-electron chi connectivity index (χ0n) is 13.3. The Kier molecular flexibility index (Phi) is 6.05. The first-order chi connectivity index (χ1) is 11.4. The Bertz CT molecular complexity index is 777. The first-order valence-electron chi connectivity index (χ1n) is 7.39. The number of amides is 1. The number of hydrogen-bond acceptors (Lipinski definition) is 3. The van der Waals surface area contributed by atoms with Crippen molar-refractivity contribution in [3.63, 3.8) is 0 Å². The standard InChI is InChI=1S/C17H19FN2O3S/c1-24(22,23)20(13-14-7-9-16(18)10-8-14)12-11-19-17(21)15-5-3-2-4-6-15/h2-10H,11-13H2,1H3,(H,19,21). The van der Waals surface area contributed by atoms with Gasteiger partial charge in [0.05, 0.1) is 6.26 Å². The summed E-state index contributed by atoms with van der Waals surface area (Å²) in [5.74, 6) is -0.634. The summed E-state index contributed by atoms with van der Waals surface area (Å²) in [5, 5.41) is 2.69. The van der Waals surface area contributed by atoms with E-state index in [1.54, 1.807) is 24.3 Å². The van der Waals surface area contributed by atoms with Crippen LogP contribution in [0.5, 0.6) is 0 Å². The van der Waals surface area contributed by atoms with Gasteiger partial charge in [-0.15, -0.1) is 0 Å². The maximum atomic E-state index is 12.9. The Balaban J connectivity index is 1.95. The molecule has 0 aliphatic heterocycles. The van der Waals surface area contributed by atoms with Crippen LogP contribution in [0.3, 0.4) is 0 Å². The second-order valence-electron chi connectivity index (χ2n) is 5.34. The minimum atomic E-state index is -3.45. The molecule has 1 N–H and O–H groups in total. The van der Waals surface area contributed by atoms with Gasteiger partial charge in [-0.25, -0.2) is 12.8 Å². The summed E-state index contributed by atoms with van der Waals surface area (Å²) in [6, 6.07) is 14.3. The van der Waals surface area contributed by atoms with Crippen LogP contribution < -0.4 is 5.32 Å². The molecule has 0 aliphatic carbocycles. The van der Waals surface area contributed by atoms with Crippen LogP contribution in [0, 0.1) is 5.82 Å². The van der Waals surface area contributed by atoms with Crippen molar-refractivity contribution in [1.29, 1.82) is 0 Å². The molecule has 0 aliphatic rings. The van der Waals surface area contributed by atoms with E-state index in [0.717, 1.165) is 6.26 Å². The third-order valence-corrected chi connectivity index (χ3v) is 4.67. The molecule has 0 unspecified atom stereocenters. The van der Waals surface area contributed by atoms with E-state index < -0.39 is 10.0 Å². The summed E-state index contributed by atoms with van der Waals surface area (Å²) < 4.78 is 37.9. The second-order valence-corrected chi connectivity index (χ2v) is 7.33. The summed E-state index contributed by atoms with van der Waals surface area (Å²) in [6.07, 6.45) is 1.11. The van der Waals surface area contributed by atoms with Crippen molar-refractivity contribution in [2.24, 2.45) is 0 Å². The lowest BCUT2D eigenvalue weighted by Crippen LogP contribution is -2.37. The summed E-state index contributed by atoms with van der Waals surface area (Å²) in [5.41, 5.74) is 1.19. The van der Waals surface area contributed by atoms with Crippen molar-refractivity contribution in [3.05, 3.63) is 71.5 Å². The van der Waals surface area contributed by atoms with Crippen LogP contribution in [-0.2, 0) is 16.6 Å². The molecule has 0 radical (unpaired) electrons. The number of rotatable bonds is 7. The maximum absolute atomic E-state index is 12.9. The SMILES string of the molecule is CS(=O)(=O)N(CCNC(=O)c1ccccc1)Cc1ccc(F)cc1. The normalized spacial score (nSPS) is 11.5. The van der Waals surface area contributed by atoms with Crippen molar-refractivity contribution in [2.75, 3.05) is 19.3 Å². The van der Waals surface area contributed by atoms with Gasteiger partial charge in [0.15, 0.2) is 0 Å². The molecule has 24 heavy (non-hydrogen) atoms. The van der Waals surface area contributed by atoms with Gasteiger partial charge in [-0.1, -0.05) is 30.3 Å². The van der Waals surface area contributed by atoms with Gasteiger partial charge in [0.2, 0.25) is 10.0 Å². The third-order valence-electron chi connectivity index (χ3n) is 3.42. The van der Waals surface area contributed by atoms with E-state index >= 15 is 0 Å². The Hall–Kier alpha value is -2.25. The zero-order valence-corrected chi connectivity index (χ0v) is 14.1. The van der Waals surface area contributed by atoms with Gasteiger partial charge in [-0.05, 0) is 29.8 Å². The minimum Gasteiger partial charge on any atom is -0.351 e. The molecule has 0 saturated carbocycles. The first kappa shape index (κ1) is 18.1. The van der Waals surface area contributed by atoms with Gasteiger partial charge >= 0.3 is 0 Å². The quantitative estimate of drug-likeness (QED) is 0.831. The Morgan fingerprint density at radius 3 is 2.29 bits per heavy atom. The van der Waals surface area contributed by atoms with E-state index in [0.29, 0.717) is 11.1 Å². The molecule has 7 heteroatoms. The Morgan fingerprint density at radius 2 is 1.71 bits per heavy atom. The topological polar surface area (TPSA) is 66.5 Å². The maximum Gasteiger partial charge on any atom is 0.251 e. The van der Waals surface area contributed by atoms with E-state index in [2.05, 4.69) is 5.32 Å². The molecule has 0 saturated heterocycles. The van der Waals surface area contributed by atoms with Crippen molar-refractivity contribution < 1.29 is 17.6 Å². The number of sulfonamides is 1. The molecule has 2 rings (SSSR count). The molecule has 2 aromatic carbocycles. The fourth-order valence-electron chi connectivity index (χ4n) is 2.14. The fourth-order valence-corrected chi connectivity index (χ4v) is 2.95. The molecule has 0 aromatic heterocycles. The van der Waals surface area contributed by atoms with E-state index in [-0.39, 0.29) is 31.4 Å². The van der Waals surface area contributed by atoms with Crippen LogP contribution >= 0.6 is 0 Å². The number of nitrogens with one attached hydrogen (secondary N) is 1. The second kappa shape index (κ2) is 8.03. The number of benzene rings is 2. The molecule has 1 amide bonds. The zero-order chi connectivity index (χ0) is 17.6. The smallest absolute Gasteiger partial charge is 0.251 e. The van der Waals surface area contributed by atoms with Crippen molar-refractivity contribution >= 4 is 15.9 Å². The fraction of sp³-hybridized carbons (Fsp3) is 0.235. The summed E-state index contributed by atoms with van der Waals surface area (Å²) in [6.45, 7) is 0.442. The van der Waals surface area contributed by atoms with Crippen molar-refractivity contribution in [1.82, 2.24) is 9.62 Å². The average Bonchev–Trinajstić information content (AvgIpc) is 2.55. The van der Waals surface area contributed by atoms with E-state index in [9.17, 15) is 17.6 Å². The van der Waals surface area contributed by atoms with Crippen LogP contribution in [0.4, 0.5) is 4.39 Å². The van der Waals surface area contributed by atoms with Crippen molar-refractivity contribution in [2.45, 2.75) is 6.54 Å². The van der Waals surface area contributed by atoms with Gasteiger partial charge in [0, 0.05) is 25.2 Å². The number of hydrogen-bond donors (Lipinski definition) is 1. The Labute approximate surface area is 141 Å². The molecule has 2 aromatic rings. The van der Waals surface area contributed by atoms with E-state index in [1.807, 2.05) is 6.07 Å². The highest BCUT2D eigenvalue weighted by Gasteiger charge is 2.17. The predicted octanol–water partition coefficient (Wildman–Crippen LogP) is 2.02. The highest BCUT2D eigenvalue weighted by Crippen LogP contribution is 2.09. The summed E-state index contributed by atoms with van der Waals surface area (Å²) in [7, 11) is -3.45. The van der Waals surface area contributed by atoms with Crippen LogP contribution in [0.1, 0.15) is 15.9 Å². The lowest BCUT2D eigenvalue weighted by atomic mass is 10.2. The molecule has 0 heterocycles.